The van der Waals surface area contributed by atoms with Crippen LogP contribution in [0.15, 0.2) is 12.4 Å². The molecule has 1 rings (SSSR count). The van der Waals surface area contributed by atoms with E-state index in [-0.39, 0.29) is 11.7 Å². The number of hydrogen-bond donors (Lipinski definition) is 1. The van der Waals surface area contributed by atoms with Gasteiger partial charge in [-0.1, -0.05) is 0 Å². The Morgan fingerprint density at radius 2 is 2.18 bits per heavy atom. The molecule has 94 valence electrons. The van der Waals surface area contributed by atoms with Gasteiger partial charge in [-0.3, -0.25) is 0 Å². The third-order valence-electron chi connectivity index (χ3n) is 2.43. The lowest BCUT2D eigenvalue weighted by atomic mass is 10.2. The lowest BCUT2D eigenvalue weighted by Gasteiger charge is -2.28. The Hall–Kier alpha value is -1.69. The summed E-state index contributed by atoms with van der Waals surface area (Å²) < 4.78 is 5.07. The average Bonchev–Trinajstić information content (AvgIpc) is 2.31. The monoisotopic (exact) mass is 239 g/mol. The molecular weight excluding hydrogens is 222 g/mol. The smallest absolute Gasteiger partial charge is 0.358 e. The topological polar surface area (TPSA) is 75.6 Å². The van der Waals surface area contributed by atoms with Crippen LogP contribution in [0.5, 0.6) is 0 Å². The molecule has 0 fully saturated rings. The lowest BCUT2D eigenvalue weighted by molar-refractivity contribution is 0.0690. The van der Waals surface area contributed by atoms with E-state index in [2.05, 4.69) is 9.97 Å². The fourth-order valence-corrected chi connectivity index (χ4v) is 1.69. The van der Waals surface area contributed by atoms with Crippen LogP contribution in [0.4, 0.5) is 5.82 Å². The third-order valence-corrected chi connectivity index (χ3v) is 2.43. The number of carboxylic acids is 1. The van der Waals surface area contributed by atoms with E-state index >= 15 is 0 Å². The molecule has 0 aliphatic heterocycles. The van der Waals surface area contributed by atoms with Crippen molar-refractivity contribution in [2.45, 2.75) is 19.9 Å². The lowest BCUT2D eigenvalue weighted by Crippen LogP contribution is -2.38. The van der Waals surface area contributed by atoms with Crippen LogP contribution in [0, 0.1) is 0 Å². The number of hydrogen-bond acceptors (Lipinski definition) is 5. The summed E-state index contributed by atoms with van der Waals surface area (Å²) in [6.07, 6.45) is 2.87. The molecule has 6 nitrogen and oxygen atoms in total. The summed E-state index contributed by atoms with van der Waals surface area (Å²) in [5.41, 5.74) is -0.0303. The molecule has 1 aromatic heterocycles. The van der Waals surface area contributed by atoms with Crippen molar-refractivity contribution in [1.29, 1.82) is 0 Å². The molecule has 0 amide bonds. The number of nitrogens with zero attached hydrogens (tertiary/aromatic N) is 3. The molecule has 0 aliphatic rings. The Kier molecular flexibility index (Phi) is 4.84. The van der Waals surface area contributed by atoms with E-state index < -0.39 is 5.97 Å². The number of carboxylic acid groups (broad SMARTS) is 1. The molecule has 1 N–H and O–H groups in total. The van der Waals surface area contributed by atoms with E-state index in [0.29, 0.717) is 19.0 Å². The highest BCUT2D eigenvalue weighted by Gasteiger charge is 2.21. The van der Waals surface area contributed by atoms with Gasteiger partial charge in [-0.15, -0.1) is 0 Å². The summed E-state index contributed by atoms with van der Waals surface area (Å²) in [6, 6.07) is 0.0415. The van der Waals surface area contributed by atoms with E-state index in [1.807, 2.05) is 18.7 Å². The summed E-state index contributed by atoms with van der Waals surface area (Å²) in [7, 11) is 1.61. The van der Waals surface area contributed by atoms with Gasteiger partial charge in [-0.2, -0.15) is 0 Å². The molecule has 1 heterocycles. The van der Waals surface area contributed by atoms with Crippen molar-refractivity contribution in [2.24, 2.45) is 0 Å². The number of methoxy groups -OCH3 is 1. The summed E-state index contributed by atoms with van der Waals surface area (Å²) in [4.78, 5) is 20.9. The van der Waals surface area contributed by atoms with E-state index in [1.54, 1.807) is 7.11 Å². The van der Waals surface area contributed by atoms with Gasteiger partial charge in [0, 0.05) is 26.0 Å². The zero-order valence-corrected chi connectivity index (χ0v) is 10.3. The number of likely N-dealkylation sites (N-methyl/N-ethyl adjacent to an activating group) is 1. The van der Waals surface area contributed by atoms with Crippen LogP contribution < -0.4 is 4.90 Å². The van der Waals surface area contributed by atoms with Gasteiger partial charge in [-0.05, 0) is 13.8 Å². The van der Waals surface area contributed by atoms with Crippen LogP contribution in [0.1, 0.15) is 24.3 Å². The maximum absolute atomic E-state index is 11.1. The SMILES string of the molecule is CCN(c1nccnc1C(=O)O)C(C)COC. The summed E-state index contributed by atoms with van der Waals surface area (Å²) in [6.45, 7) is 5.03. The standard InChI is InChI=1S/C11H17N3O3/c1-4-14(8(2)7-17-3)10-9(11(15)16)12-5-6-13-10/h5-6,8H,4,7H2,1-3H3,(H,15,16). The molecule has 6 heteroatoms. The second-order valence-corrected chi connectivity index (χ2v) is 3.62. The van der Waals surface area contributed by atoms with Gasteiger partial charge in [-0.25, -0.2) is 14.8 Å². The molecule has 1 unspecified atom stereocenters. The van der Waals surface area contributed by atoms with Crippen LogP contribution >= 0.6 is 0 Å². The van der Waals surface area contributed by atoms with Crippen molar-refractivity contribution >= 4 is 11.8 Å². The van der Waals surface area contributed by atoms with Crippen molar-refractivity contribution in [2.75, 3.05) is 25.2 Å². The molecule has 0 aliphatic carbocycles. The second-order valence-electron chi connectivity index (χ2n) is 3.62. The van der Waals surface area contributed by atoms with Crippen molar-refractivity contribution in [3.63, 3.8) is 0 Å². The molecule has 0 saturated carbocycles. The summed E-state index contributed by atoms with van der Waals surface area (Å²) in [5, 5.41) is 9.06. The highest BCUT2D eigenvalue weighted by Crippen LogP contribution is 2.17. The first-order valence-corrected chi connectivity index (χ1v) is 5.41. The maximum atomic E-state index is 11.1. The van der Waals surface area contributed by atoms with Gasteiger partial charge in [0.15, 0.2) is 11.5 Å². The minimum Gasteiger partial charge on any atom is -0.476 e. The fourth-order valence-electron chi connectivity index (χ4n) is 1.69. The van der Waals surface area contributed by atoms with Gasteiger partial charge < -0.3 is 14.7 Å². The highest BCUT2D eigenvalue weighted by molar-refractivity contribution is 5.90. The number of anilines is 1. The third kappa shape index (κ3) is 3.13. The predicted molar refractivity (Wildman–Crippen MR) is 63.3 cm³/mol. The molecule has 0 saturated heterocycles. The molecule has 1 aromatic rings. The molecule has 0 radical (unpaired) electrons. The van der Waals surface area contributed by atoms with Gasteiger partial charge in [0.1, 0.15) is 0 Å². The number of rotatable bonds is 6. The van der Waals surface area contributed by atoms with Gasteiger partial charge in [0.05, 0.1) is 12.6 Å². The van der Waals surface area contributed by atoms with Gasteiger partial charge in [0.25, 0.3) is 0 Å². The first-order chi connectivity index (χ1) is 8.11. The minimum atomic E-state index is -1.07. The zero-order valence-electron chi connectivity index (χ0n) is 10.3. The van der Waals surface area contributed by atoms with Crippen LogP contribution in [-0.4, -0.2) is 47.3 Å². The molecule has 17 heavy (non-hydrogen) atoms. The molecular formula is C11H17N3O3. The van der Waals surface area contributed by atoms with Crippen molar-refractivity contribution in [1.82, 2.24) is 9.97 Å². The Bertz CT molecular complexity index is 384. The second kappa shape index (κ2) is 6.15. The predicted octanol–water partition coefficient (Wildman–Crippen LogP) is 1.04. The van der Waals surface area contributed by atoms with Crippen LogP contribution in [0.3, 0.4) is 0 Å². The van der Waals surface area contributed by atoms with E-state index in [1.165, 1.54) is 12.4 Å². The molecule has 0 bridgehead atoms. The van der Waals surface area contributed by atoms with Crippen molar-refractivity contribution in [3.05, 3.63) is 18.1 Å². The molecule has 0 aromatic carbocycles. The zero-order chi connectivity index (χ0) is 12.8. The highest BCUT2D eigenvalue weighted by atomic mass is 16.5. The Balaban J connectivity index is 3.06. The Morgan fingerprint density at radius 1 is 1.53 bits per heavy atom. The van der Waals surface area contributed by atoms with E-state index in [9.17, 15) is 4.79 Å². The number of ether oxygens (including phenoxy) is 1. The normalized spacial score (nSPS) is 12.2. The van der Waals surface area contributed by atoms with Gasteiger partial charge in [0.2, 0.25) is 0 Å². The van der Waals surface area contributed by atoms with Gasteiger partial charge >= 0.3 is 5.97 Å². The van der Waals surface area contributed by atoms with E-state index in [0.717, 1.165) is 0 Å². The molecule has 1 atom stereocenters. The quantitative estimate of drug-likeness (QED) is 0.799. The Labute approximate surface area is 100 Å². The fraction of sp³-hybridized carbons (Fsp3) is 0.545. The summed E-state index contributed by atoms with van der Waals surface area (Å²) >= 11 is 0. The first kappa shape index (κ1) is 13.4. The molecule has 0 spiro atoms. The summed E-state index contributed by atoms with van der Waals surface area (Å²) in [5.74, 6) is -0.691. The minimum absolute atomic E-state index is 0.0303. The average molecular weight is 239 g/mol. The van der Waals surface area contributed by atoms with E-state index in [4.69, 9.17) is 9.84 Å². The van der Waals surface area contributed by atoms with Crippen molar-refractivity contribution < 1.29 is 14.6 Å². The maximum Gasteiger partial charge on any atom is 0.358 e. The number of carbonyl (C=O) groups is 1. The van der Waals surface area contributed by atoms with Crippen LogP contribution in [-0.2, 0) is 4.74 Å². The number of aromatic carboxylic acids is 1. The Morgan fingerprint density at radius 3 is 2.71 bits per heavy atom. The largest absolute Gasteiger partial charge is 0.476 e. The van der Waals surface area contributed by atoms with Crippen LogP contribution in [0.25, 0.3) is 0 Å². The van der Waals surface area contributed by atoms with Crippen molar-refractivity contribution in [3.8, 4) is 0 Å². The first-order valence-electron chi connectivity index (χ1n) is 5.41. The van der Waals surface area contributed by atoms with Crippen LogP contribution in [0.2, 0.25) is 0 Å². The number of aromatic nitrogens is 2.